The molecule has 8 heteroatoms. The van der Waals surface area contributed by atoms with Crippen LogP contribution in [0.5, 0.6) is 0 Å². The second kappa shape index (κ2) is 8.82. The van der Waals surface area contributed by atoms with Crippen molar-refractivity contribution in [3.63, 3.8) is 0 Å². The average molecular weight is 461 g/mol. The Bertz CT molecular complexity index is 920. The van der Waals surface area contributed by atoms with Crippen molar-refractivity contribution < 1.29 is 14.3 Å². The van der Waals surface area contributed by atoms with Crippen molar-refractivity contribution in [3.05, 3.63) is 52.4 Å². The molecule has 2 atom stereocenters. The molecule has 1 aliphatic rings. The van der Waals surface area contributed by atoms with Gasteiger partial charge < -0.3 is 19.9 Å². The van der Waals surface area contributed by atoms with Crippen LogP contribution in [0.1, 0.15) is 32.6 Å². The summed E-state index contributed by atoms with van der Waals surface area (Å²) in [5.74, 6) is 0.442. The zero-order valence-corrected chi connectivity index (χ0v) is 18.5. The van der Waals surface area contributed by atoms with Gasteiger partial charge in [0.2, 0.25) is 5.91 Å². The first-order valence-corrected chi connectivity index (χ1v) is 10.2. The summed E-state index contributed by atoms with van der Waals surface area (Å²) in [6, 6.07) is 6.94. The van der Waals surface area contributed by atoms with E-state index in [1.54, 1.807) is 11.1 Å². The highest BCUT2D eigenvalue weighted by atomic mass is 79.9. The van der Waals surface area contributed by atoms with Gasteiger partial charge in [0.25, 0.3) is 0 Å². The summed E-state index contributed by atoms with van der Waals surface area (Å²) < 4.78 is 5.69. The van der Waals surface area contributed by atoms with E-state index in [1.807, 2.05) is 51.1 Å². The number of alkyl carbamates (subject to hydrolysis) is 1. The Balaban J connectivity index is 1.85. The molecule has 0 fully saturated rings. The lowest BCUT2D eigenvalue weighted by atomic mass is 10.0. The molecule has 0 saturated carbocycles. The number of hydrogen-bond acceptors (Lipinski definition) is 4. The fourth-order valence-corrected chi connectivity index (χ4v) is 3.63. The number of H-pyrrole nitrogens is 1. The minimum absolute atomic E-state index is 0.0851. The Kier molecular flexibility index (Phi) is 6.42. The number of carbonyl (C=O) groups excluding carboxylic acids is 2. The maximum atomic E-state index is 13.3. The topological polar surface area (TPSA) is 87.3 Å². The zero-order valence-electron chi connectivity index (χ0n) is 16.9. The van der Waals surface area contributed by atoms with Crippen LogP contribution in [0.3, 0.4) is 0 Å². The molecule has 0 spiro atoms. The van der Waals surface area contributed by atoms with Crippen molar-refractivity contribution in [2.24, 2.45) is 5.92 Å². The van der Waals surface area contributed by atoms with Gasteiger partial charge in [0.1, 0.15) is 17.9 Å². The van der Waals surface area contributed by atoms with E-state index in [9.17, 15) is 9.59 Å². The minimum atomic E-state index is -0.676. The van der Waals surface area contributed by atoms with Gasteiger partial charge in [0.05, 0.1) is 19.0 Å². The monoisotopic (exact) mass is 460 g/mol. The summed E-state index contributed by atoms with van der Waals surface area (Å²) in [6.07, 6.45) is 3.18. The van der Waals surface area contributed by atoms with Crippen LogP contribution in [0.4, 0.5) is 4.79 Å². The molecule has 2 unspecified atom stereocenters. The molecule has 2 heterocycles. The first-order chi connectivity index (χ1) is 13.8. The maximum absolute atomic E-state index is 13.3. The number of imidazole rings is 1. The smallest absolute Gasteiger partial charge is 0.407 e. The average Bonchev–Trinajstić information content (AvgIpc) is 3.32. The summed E-state index contributed by atoms with van der Waals surface area (Å²) >= 11 is 3.44. The fourth-order valence-electron chi connectivity index (χ4n) is 3.36. The minimum Gasteiger partial charge on any atom is -0.453 e. The van der Waals surface area contributed by atoms with E-state index in [0.29, 0.717) is 12.4 Å². The molecule has 0 saturated heterocycles. The molecule has 2 N–H and O–H groups in total. The van der Waals surface area contributed by atoms with Crippen LogP contribution in [-0.2, 0) is 9.53 Å². The van der Waals surface area contributed by atoms with Crippen LogP contribution >= 0.6 is 15.9 Å². The number of benzene rings is 1. The lowest BCUT2D eigenvalue weighted by Gasteiger charge is -2.30. The maximum Gasteiger partial charge on any atom is 0.407 e. The Morgan fingerprint density at radius 3 is 2.62 bits per heavy atom. The quantitative estimate of drug-likeness (QED) is 0.658. The van der Waals surface area contributed by atoms with E-state index in [2.05, 4.69) is 36.0 Å². The van der Waals surface area contributed by atoms with Crippen molar-refractivity contribution in [2.75, 3.05) is 13.7 Å². The number of hydrogen-bond donors (Lipinski definition) is 2. The van der Waals surface area contributed by atoms with E-state index in [1.165, 1.54) is 7.11 Å². The molecule has 0 bridgehead atoms. The molecule has 1 aromatic heterocycles. The predicted octanol–water partition coefficient (Wildman–Crippen LogP) is 4.05. The van der Waals surface area contributed by atoms with Crippen molar-refractivity contribution in [2.45, 2.75) is 32.9 Å². The second-order valence-corrected chi connectivity index (χ2v) is 8.39. The van der Waals surface area contributed by atoms with Crippen LogP contribution < -0.4 is 5.32 Å². The molecule has 1 aliphatic heterocycles. The van der Waals surface area contributed by atoms with Crippen LogP contribution in [0, 0.1) is 5.92 Å². The molecule has 3 rings (SSSR count). The van der Waals surface area contributed by atoms with E-state index in [-0.39, 0.29) is 17.9 Å². The molecule has 0 aliphatic carbocycles. The number of methoxy groups -OCH3 is 1. The van der Waals surface area contributed by atoms with E-state index in [4.69, 9.17) is 0 Å². The number of rotatable bonds is 5. The van der Waals surface area contributed by atoms with E-state index < -0.39 is 12.1 Å². The molecular weight excluding hydrogens is 436 g/mol. The third-order valence-electron chi connectivity index (χ3n) is 4.90. The van der Waals surface area contributed by atoms with Crippen molar-refractivity contribution >= 4 is 27.9 Å². The number of ether oxygens (including phenoxy) is 1. The van der Waals surface area contributed by atoms with Gasteiger partial charge in [-0.3, -0.25) is 4.79 Å². The van der Waals surface area contributed by atoms with Gasteiger partial charge in [-0.15, -0.1) is 0 Å². The SMILES string of the molecule is COC(=O)NC(C(=O)N1CC(C)=CC1c1ncc(-c2ccc(Br)cc2)[nH]1)C(C)C. The van der Waals surface area contributed by atoms with Crippen LogP contribution in [0.15, 0.2) is 46.6 Å². The van der Waals surface area contributed by atoms with E-state index in [0.717, 1.165) is 21.3 Å². The molecule has 0 radical (unpaired) electrons. The van der Waals surface area contributed by atoms with Crippen LogP contribution in [0.25, 0.3) is 11.3 Å². The van der Waals surface area contributed by atoms with Gasteiger partial charge in [0.15, 0.2) is 0 Å². The Morgan fingerprint density at radius 1 is 1.31 bits per heavy atom. The van der Waals surface area contributed by atoms with Gasteiger partial charge >= 0.3 is 6.09 Å². The zero-order chi connectivity index (χ0) is 21.1. The van der Waals surface area contributed by atoms with Crippen LogP contribution in [-0.4, -0.2) is 46.6 Å². The van der Waals surface area contributed by atoms with Crippen molar-refractivity contribution in [1.29, 1.82) is 0 Å². The first-order valence-electron chi connectivity index (χ1n) is 9.43. The van der Waals surface area contributed by atoms with Gasteiger partial charge in [-0.25, -0.2) is 9.78 Å². The number of aromatic amines is 1. The van der Waals surface area contributed by atoms with Crippen LogP contribution in [0.2, 0.25) is 0 Å². The summed E-state index contributed by atoms with van der Waals surface area (Å²) in [4.78, 5) is 34.6. The Hall–Kier alpha value is -2.61. The molecule has 29 heavy (non-hydrogen) atoms. The summed E-state index contributed by atoms with van der Waals surface area (Å²) in [7, 11) is 1.29. The molecule has 154 valence electrons. The van der Waals surface area contributed by atoms with Gasteiger partial charge in [-0.1, -0.05) is 53.6 Å². The number of amides is 2. The lowest BCUT2D eigenvalue weighted by molar-refractivity contribution is -0.135. The first kappa shape index (κ1) is 21.1. The third-order valence-corrected chi connectivity index (χ3v) is 5.43. The van der Waals surface area contributed by atoms with Gasteiger partial charge in [-0.2, -0.15) is 0 Å². The lowest BCUT2D eigenvalue weighted by Crippen LogP contribution is -2.51. The van der Waals surface area contributed by atoms with Gasteiger partial charge in [0, 0.05) is 11.0 Å². The Morgan fingerprint density at radius 2 is 2.00 bits per heavy atom. The molecule has 7 nitrogen and oxygen atoms in total. The normalized spacial score (nSPS) is 17.2. The fraction of sp³-hybridized carbons (Fsp3) is 0.381. The second-order valence-electron chi connectivity index (χ2n) is 7.47. The molecule has 2 amide bonds. The summed E-state index contributed by atoms with van der Waals surface area (Å²) in [5.41, 5.74) is 2.97. The highest BCUT2D eigenvalue weighted by molar-refractivity contribution is 9.10. The standard InChI is InChI=1S/C21H25BrN4O3/c1-12(2)18(25-21(28)29-4)20(27)26-11-13(3)9-17(26)19-23-10-16(24-19)14-5-7-15(22)8-6-14/h5-10,12,17-18H,11H2,1-4H3,(H,23,24)(H,25,28). The molecule has 1 aromatic carbocycles. The van der Waals surface area contributed by atoms with Gasteiger partial charge in [-0.05, 0) is 30.5 Å². The van der Waals surface area contributed by atoms with E-state index >= 15 is 0 Å². The summed E-state index contributed by atoms with van der Waals surface area (Å²) in [5, 5.41) is 2.66. The number of halogens is 1. The summed E-state index contributed by atoms with van der Waals surface area (Å²) in [6.45, 7) is 6.26. The Labute approximate surface area is 178 Å². The number of aromatic nitrogens is 2. The van der Waals surface area contributed by atoms with Crippen molar-refractivity contribution in [1.82, 2.24) is 20.2 Å². The number of nitrogens with one attached hydrogen (secondary N) is 2. The molecular formula is C21H25BrN4O3. The number of nitrogens with zero attached hydrogens (tertiary/aromatic N) is 2. The predicted molar refractivity (Wildman–Crippen MR) is 114 cm³/mol. The molecule has 2 aromatic rings. The third kappa shape index (κ3) is 4.70. The number of carbonyl (C=O) groups is 2. The highest BCUT2D eigenvalue weighted by Crippen LogP contribution is 2.31. The highest BCUT2D eigenvalue weighted by Gasteiger charge is 2.36. The van der Waals surface area contributed by atoms with Crippen molar-refractivity contribution in [3.8, 4) is 11.3 Å². The largest absolute Gasteiger partial charge is 0.453 e.